The molecule has 0 bridgehead atoms. The van der Waals surface area contributed by atoms with Crippen molar-refractivity contribution in [2.24, 2.45) is 0 Å². The number of rotatable bonds is 2. The van der Waals surface area contributed by atoms with E-state index >= 15 is 0 Å². The molecule has 0 aliphatic carbocycles. The molecule has 0 radical (unpaired) electrons. The summed E-state index contributed by atoms with van der Waals surface area (Å²) in [4.78, 5) is 26.6. The van der Waals surface area contributed by atoms with Gasteiger partial charge in [0.1, 0.15) is 0 Å². The topological polar surface area (TPSA) is 40.6 Å². The van der Waals surface area contributed by atoms with Crippen LogP contribution in [0.1, 0.15) is 40.0 Å². The molecule has 1 saturated heterocycles. The number of likely N-dealkylation sites (N-methyl/N-ethyl adjacent to an activating group) is 1. The first kappa shape index (κ1) is 14.9. The number of piperidine rings is 1. The molecule has 102 valence electrons. The van der Waals surface area contributed by atoms with Crippen LogP contribution in [0.15, 0.2) is 12.2 Å². The Hall–Kier alpha value is -1.16. The molecule has 1 unspecified atom stereocenters. The van der Waals surface area contributed by atoms with Crippen molar-refractivity contribution in [1.29, 1.82) is 0 Å². The van der Waals surface area contributed by atoms with Gasteiger partial charge in [-0.2, -0.15) is 0 Å². The van der Waals surface area contributed by atoms with Crippen LogP contribution in [0.2, 0.25) is 0 Å². The van der Waals surface area contributed by atoms with Crippen molar-refractivity contribution in [3.05, 3.63) is 12.2 Å². The number of likely N-dealkylation sites (tertiary alicyclic amines) is 1. The summed E-state index contributed by atoms with van der Waals surface area (Å²) >= 11 is 0. The summed E-state index contributed by atoms with van der Waals surface area (Å²) in [6, 6.07) is 0.0775. The van der Waals surface area contributed by atoms with Gasteiger partial charge in [0.15, 0.2) is 0 Å². The largest absolute Gasteiger partial charge is 0.302 e. The number of nitrogens with zero attached hydrogens (tertiary/aromatic N) is 2. The van der Waals surface area contributed by atoms with Gasteiger partial charge in [0, 0.05) is 18.7 Å². The Balaban J connectivity index is 0.000000492. The van der Waals surface area contributed by atoms with Gasteiger partial charge in [-0.25, -0.2) is 0 Å². The Kier molecular flexibility index (Phi) is 6.05. The minimum absolute atomic E-state index is 0.0775. The number of hydrogen-bond acceptors (Lipinski definition) is 3. The third-order valence-corrected chi connectivity index (χ3v) is 3.14. The molecule has 2 amide bonds. The third kappa shape index (κ3) is 3.67. The van der Waals surface area contributed by atoms with Crippen LogP contribution in [0.4, 0.5) is 0 Å². The van der Waals surface area contributed by atoms with Crippen LogP contribution >= 0.6 is 0 Å². The van der Waals surface area contributed by atoms with Crippen LogP contribution in [0.5, 0.6) is 0 Å². The molecule has 2 rings (SSSR count). The minimum Gasteiger partial charge on any atom is -0.302 e. The zero-order valence-corrected chi connectivity index (χ0v) is 11.7. The Morgan fingerprint density at radius 1 is 1.17 bits per heavy atom. The summed E-state index contributed by atoms with van der Waals surface area (Å²) in [5, 5.41) is 0. The highest BCUT2D eigenvalue weighted by Gasteiger charge is 2.33. The van der Waals surface area contributed by atoms with Gasteiger partial charge in [-0.05, 0) is 25.9 Å². The zero-order chi connectivity index (χ0) is 13.5. The maximum absolute atomic E-state index is 11.5. The van der Waals surface area contributed by atoms with Crippen molar-refractivity contribution in [2.75, 3.05) is 19.6 Å². The highest BCUT2D eigenvalue weighted by Crippen LogP contribution is 2.19. The van der Waals surface area contributed by atoms with Gasteiger partial charge in [0.2, 0.25) is 0 Å². The summed E-state index contributed by atoms with van der Waals surface area (Å²) in [6.45, 7) is 9.25. The van der Waals surface area contributed by atoms with Crippen LogP contribution in [0, 0.1) is 0 Å². The Morgan fingerprint density at radius 2 is 1.72 bits per heavy atom. The highest BCUT2D eigenvalue weighted by atomic mass is 16.2. The maximum Gasteiger partial charge on any atom is 0.253 e. The number of carbonyl (C=O) groups is 2. The highest BCUT2D eigenvalue weighted by molar-refractivity contribution is 6.13. The lowest BCUT2D eigenvalue weighted by Crippen LogP contribution is -2.50. The number of imide groups is 1. The first-order valence-electron chi connectivity index (χ1n) is 6.91. The van der Waals surface area contributed by atoms with Gasteiger partial charge >= 0.3 is 0 Å². The molecule has 4 heteroatoms. The molecule has 2 aliphatic rings. The second-order valence-corrected chi connectivity index (χ2v) is 4.78. The summed E-state index contributed by atoms with van der Waals surface area (Å²) in [7, 11) is 0. The second kappa shape index (κ2) is 7.31. The Morgan fingerprint density at radius 3 is 2.22 bits per heavy atom. The standard InChI is InChI=1S/C11H16N2O2.C3H8/c1-2-12-7-3-4-9(8-12)13-10(14)5-6-11(13)15;1-3-2/h5-6,9H,2-4,7-8H2,1H3;3H2,1-2H3. The maximum atomic E-state index is 11.5. The number of carbonyl (C=O) groups excluding carboxylic acids is 2. The molecule has 0 N–H and O–H groups in total. The fourth-order valence-corrected chi connectivity index (χ4v) is 2.30. The van der Waals surface area contributed by atoms with E-state index in [0.29, 0.717) is 0 Å². The normalized spacial score (nSPS) is 24.2. The SMILES string of the molecule is CCC.CCN1CCCC(N2C(=O)C=CC2=O)C1. The van der Waals surface area contributed by atoms with E-state index in [0.717, 1.165) is 32.5 Å². The molecule has 1 fully saturated rings. The van der Waals surface area contributed by atoms with Crippen LogP contribution in [-0.4, -0.2) is 47.3 Å². The van der Waals surface area contributed by atoms with E-state index in [-0.39, 0.29) is 17.9 Å². The van der Waals surface area contributed by atoms with E-state index in [4.69, 9.17) is 0 Å². The van der Waals surface area contributed by atoms with Crippen molar-refractivity contribution in [2.45, 2.75) is 46.1 Å². The molecule has 0 spiro atoms. The quantitative estimate of drug-likeness (QED) is 0.704. The lowest BCUT2D eigenvalue weighted by molar-refractivity contribution is -0.140. The van der Waals surface area contributed by atoms with E-state index in [1.54, 1.807) is 0 Å². The molecule has 4 nitrogen and oxygen atoms in total. The Bertz CT molecular complexity index is 308. The van der Waals surface area contributed by atoms with E-state index in [1.807, 2.05) is 0 Å². The average molecular weight is 252 g/mol. The van der Waals surface area contributed by atoms with Crippen molar-refractivity contribution in [1.82, 2.24) is 9.80 Å². The van der Waals surface area contributed by atoms with Crippen molar-refractivity contribution >= 4 is 11.8 Å². The van der Waals surface area contributed by atoms with Crippen LogP contribution < -0.4 is 0 Å². The molecule has 2 heterocycles. The van der Waals surface area contributed by atoms with Gasteiger partial charge in [0.25, 0.3) is 11.8 Å². The lowest BCUT2D eigenvalue weighted by atomic mass is 10.0. The first-order valence-corrected chi connectivity index (χ1v) is 6.91. The van der Waals surface area contributed by atoms with Gasteiger partial charge < -0.3 is 4.90 Å². The summed E-state index contributed by atoms with van der Waals surface area (Å²) in [5.41, 5.74) is 0. The van der Waals surface area contributed by atoms with Gasteiger partial charge in [-0.1, -0.05) is 27.2 Å². The molecular weight excluding hydrogens is 228 g/mol. The van der Waals surface area contributed by atoms with Gasteiger partial charge in [-0.15, -0.1) is 0 Å². The fraction of sp³-hybridized carbons (Fsp3) is 0.714. The smallest absolute Gasteiger partial charge is 0.253 e. The summed E-state index contributed by atoms with van der Waals surface area (Å²) < 4.78 is 0. The van der Waals surface area contributed by atoms with Crippen LogP contribution in [-0.2, 0) is 9.59 Å². The molecule has 0 saturated carbocycles. The lowest BCUT2D eigenvalue weighted by Gasteiger charge is -2.35. The van der Waals surface area contributed by atoms with E-state index in [9.17, 15) is 9.59 Å². The first-order chi connectivity index (χ1) is 8.63. The van der Waals surface area contributed by atoms with Gasteiger partial charge in [-0.3, -0.25) is 14.5 Å². The molecule has 0 aromatic rings. The predicted octanol–water partition coefficient (Wildman–Crippen LogP) is 1.81. The Labute approximate surface area is 110 Å². The number of amides is 2. The minimum atomic E-state index is -0.150. The number of hydrogen-bond donors (Lipinski definition) is 0. The van der Waals surface area contributed by atoms with Crippen LogP contribution in [0.3, 0.4) is 0 Å². The van der Waals surface area contributed by atoms with Crippen molar-refractivity contribution in [3.8, 4) is 0 Å². The van der Waals surface area contributed by atoms with Crippen LogP contribution in [0.25, 0.3) is 0 Å². The molecule has 1 atom stereocenters. The molecule has 2 aliphatic heterocycles. The third-order valence-electron chi connectivity index (χ3n) is 3.14. The monoisotopic (exact) mass is 252 g/mol. The van der Waals surface area contributed by atoms with Crippen molar-refractivity contribution < 1.29 is 9.59 Å². The van der Waals surface area contributed by atoms with Crippen molar-refractivity contribution in [3.63, 3.8) is 0 Å². The summed E-state index contributed by atoms with van der Waals surface area (Å²) in [5.74, 6) is -0.300. The van der Waals surface area contributed by atoms with Gasteiger partial charge in [0.05, 0.1) is 6.04 Å². The molecule has 0 aromatic carbocycles. The zero-order valence-electron chi connectivity index (χ0n) is 11.7. The second-order valence-electron chi connectivity index (χ2n) is 4.78. The fourth-order valence-electron chi connectivity index (χ4n) is 2.30. The molecular formula is C14H24N2O2. The molecule has 0 aromatic heterocycles. The predicted molar refractivity (Wildman–Crippen MR) is 72.1 cm³/mol. The van der Waals surface area contributed by atoms with E-state index < -0.39 is 0 Å². The molecule has 18 heavy (non-hydrogen) atoms. The summed E-state index contributed by atoms with van der Waals surface area (Å²) in [6.07, 6.45) is 5.99. The average Bonchev–Trinajstić information content (AvgIpc) is 2.70. The van der Waals surface area contributed by atoms with E-state index in [1.165, 1.54) is 23.5 Å². The van der Waals surface area contributed by atoms with E-state index in [2.05, 4.69) is 25.7 Å².